The monoisotopic (exact) mass is 334 g/mol. The Morgan fingerprint density at radius 2 is 1.88 bits per heavy atom. The van der Waals surface area contributed by atoms with E-state index in [1.807, 2.05) is 39.0 Å². The lowest BCUT2D eigenvalue weighted by atomic mass is 9.96. The van der Waals surface area contributed by atoms with Gasteiger partial charge < -0.3 is 20.1 Å². The topological polar surface area (TPSA) is 76.7 Å². The van der Waals surface area contributed by atoms with Crippen LogP contribution in [0.3, 0.4) is 0 Å². The molecule has 1 saturated carbocycles. The Morgan fingerprint density at radius 3 is 2.42 bits per heavy atom. The number of hydrogen-bond acceptors (Lipinski definition) is 4. The maximum absolute atomic E-state index is 12.8. The van der Waals surface area contributed by atoms with Crippen LogP contribution in [-0.2, 0) is 9.53 Å². The highest BCUT2D eigenvalue weighted by atomic mass is 16.5. The van der Waals surface area contributed by atoms with Crippen LogP contribution in [0.15, 0.2) is 18.2 Å². The summed E-state index contributed by atoms with van der Waals surface area (Å²) in [5.74, 6) is 0.565. The highest BCUT2D eigenvalue weighted by molar-refractivity contribution is 6.00. The van der Waals surface area contributed by atoms with Crippen molar-refractivity contribution in [2.75, 3.05) is 12.4 Å². The van der Waals surface area contributed by atoms with E-state index in [1.165, 1.54) is 7.11 Å². The van der Waals surface area contributed by atoms with Crippen LogP contribution in [0.2, 0.25) is 0 Å². The first-order chi connectivity index (χ1) is 11.4. The molecule has 2 rings (SSSR count). The summed E-state index contributed by atoms with van der Waals surface area (Å²) in [5.41, 5.74) is 0.730. The van der Waals surface area contributed by atoms with Crippen LogP contribution in [0.1, 0.15) is 45.1 Å². The Hall–Kier alpha value is -2.24. The molecule has 0 spiro atoms. The molecule has 1 aliphatic rings. The molecule has 1 fully saturated rings. The van der Waals surface area contributed by atoms with Crippen molar-refractivity contribution in [3.63, 3.8) is 0 Å². The van der Waals surface area contributed by atoms with Crippen molar-refractivity contribution in [3.8, 4) is 5.75 Å². The van der Waals surface area contributed by atoms with Crippen molar-refractivity contribution in [2.45, 2.75) is 58.1 Å². The van der Waals surface area contributed by atoms with Crippen molar-refractivity contribution >= 4 is 17.7 Å². The van der Waals surface area contributed by atoms with Gasteiger partial charge in [-0.3, -0.25) is 4.79 Å². The van der Waals surface area contributed by atoms with Crippen molar-refractivity contribution in [1.29, 1.82) is 0 Å². The third-order valence-corrected chi connectivity index (χ3v) is 4.24. The largest absolute Gasteiger partial charge is 0.491 e. The van der Waals surface area contributed by atoms with Gasteiger partial charge in [-0.15, -0.1) is 0 Å². The summed E-state index contributed by atoms with van der Waals surface area (Å²) in [6, 6.07) is 5.55. The summed E-state index contributed by atoms with van der Waals surface area (Å²) >= 11 is 0. The first kappa shape index (κ1) is 18.1. The van der Waals surface area contributed by atoms with Crippen LogP contribution >= 0.6 is 0 Å². The molecule has 1 aliphatic carbocycles. The molecule has 0 aliphatic heterocycles. The van der Waals surface area contributed by atoms with Crippen molar-refractivity contribution in [2.24, 2.45) is 0 Å². The maximum atomic E-state index is 12.8. The second-order valence-electron chi connectivity index (χ2n) is 6.50. The number of ether oxygens (including phenoxy) is 2. The Morgan fingerprint density at radius 1 is 1.21 bits per heavy atom. The van der Waals surface area contributed by atoms with E-state index in [0.717, 1.165) is 24.2 Å². The number of benzene rings is 1. The summed E-state index contributed by atoms with van der Waals surface area (Å²) in [6.07, 6.45) is 2.54. The lowest BCUT2D eigenvalue weighted by molar-refractivity contribution is -0.122. The molecule has 6 heteroatoms. The van der Waals surface area contributed by atoms with E-state index in [2.05, 4.69) is 15.4 Å². The molecule has 0 bridgehead atoms. The number of nitrogens with one attached hydrogen (secondary N) is 2. The molecule has 0 atom stereocenters. The van der Waals surface area contributed by atoms with Gasteiger partial charge in [0, 0.05) is 5.69 Å². The van der Waals surface area contributed by atoms with Gasteiger partial charge in [-0.2, -0.15) is 0 Å². The fourth-order valence-electron chi connectivity index (χ4n) is 3.00. The standard InChI is InChI=1S/C18H26N2O4/c1-12(2)24-14-7-8-15(13(3)11-14)19-16(21)18(9-5-6-10-18)20-17(22)23-4/h7-8,11-12H,5-6,9-10H2,1-4H3,(H,19,21)(H,20,22). The lowest BCUT2D eigenvalue weighted by Gasteiger charge is -2.28. The van der Waals surface area contributed by atoms with E-state index in [9.17, 15) is 9.59 Å². The van der Waals surface area contributed by atoms with Gasteiger partial charge in [0.25, 0.3) is 0 Å². The number of alkyl carbamates (subject to hydrolysis) is 1. The summed E-state index contributed by atoms with van der Waals surface area (Å²) < 4.78 is 10.3. The zero-order valence-electron chi connectivity index (χ0n) is 14.8. The molecule has 1 aromatic rings. The van der Waals surface area contributed by atoms with Gasteiger partial charge in [0.1, 0.15) is 11.3 Å². The zero-order valence-corrected chi connectivity index (χ0v) is 14.8. The SMILES string of the molecule is COC(=O)NC1(C(=O)Nc2ccc(OC(C)C)cc2C)CCCC1. The molecule has 1 aromatic carbocycles. The second-order valence-corrected chi connectivity index (χ2v) is 6.50. The molecule has 0 unspecified atom stereocenters. The predicted molar refractivity (Wildman–Crippen MR) is 92.3 cm³/mol. The first-order valence-electron chi connectivity index (χ1n) is 8.31. The van der Waals surface area contributed by atoms with E-state index in [-0.39, 0.29) is 12.0 Å². The molecule has 2 N–H and O–H groups in total. The van der Waals surface area contributed by atoms with Gasteiger partial charge in [0.2, 0.25) is 5.91 Å². The normalized spacial score (nSPS) is 15.9. The fourth-order valence-corrected chi connectivity index (χ4v) is 3.00. The molecule has 0 saturated heterocycles. The minimum atomic E-state index is -0.896. The average Bonchev–Trinajstić information content (AvgIpc) is 2.99. The number of rotatable bonds is 5. The van der Waals surface area contributed by atoms with Gasteiger partial charge in [0.05, 0.1) is 13.2 Å². The average molecular weight is 334 g/mol. The molecule has 24 heavy (non-hydrogen) atoms. The van der Waals surface area contributed by atoms with E-state index in [4.69, 9.17) is 4.74 Å². The van der Waals surface area contributed by atoms with Crippen molar-refractivity contribution in [3.05, 3.63) is 23.8 Å². The minimum absolute atomic E-state index is 0.0934. The van der Waals surface area contributed by atoms with Gasteiger partial charge >= 0.3 is 6.09 Å². The molecule has 0 heterocycles. The predicted octanol–water partition coefficient (Wildman–Crippen LogP) is 3.39. The van der Waals surface area contributed by atoms with Gasteiger partial charge in [-0.1, -0.05) is 12.8 Å². The van der Waals surface area contributed by atoms with Crippen LogP contribution < -0.4 is 15.4 Å². The molecule has 0 aromatic heterocycles. The quantitative estimate of drug-likeness (QED) is 0.865. The Bertz CT molecular complexity index is 607. The van der Waals surface area contributed by atoms with E-state index in [0.29, 0.717) is 18.5 Å². The van der Waals surface area contributed by atoms with Crippen LogP contribution in [-0.4, -0.2) is 30.8 Å². The smallest absolute Gasteiger partial charge is 0.407 e. The Labute approximate surface area is 142 Å². The van der Waals surface area contributed by atoms with Gasteiger partial charge in [0.15, 0.2) is 0 Å². The van der Waals surface area contributed by atoms with Crippen LogP contribution in [0.4, 0.5) is 10.5 Å². The first-order valence-corrected chi connectivity index (χ1v) is 8.31. The third kappa shape index (κ3) is 4.19. The van der Waals surface area contributed by atoms with Gasteiger partial charge in [-0.25, -0.2) is 4.79 Å². The number of anilines is 1. The van der Waals surface area contributed by atoms with Crippen LogP contribution in [0.5, 0.6) is 5.75 Å². The number of carbonyl (C=O) groups excluding carboxylic acids is 2. The third-order valence-electron chi connectivity index (χ3n) is 4.24. The molecule has 132 valence electrons. The highest BCUT2D eigenvalue weighted by Gasteiger charge is 2.43. The molecule has 6 nitrogen and oxygen atoms in total. The molecular weight excluding hydrogens is 308 g/mol. The van der Waals surface area contributed by atoms with E-state index < -0.39 is 11.6 Å². The Kier molecular flexibility index (Phi) is 5.70. The van der Waals surface area contributed by atoms with E-state index >= 15 is 0 Å². The number of amides is 2. The summed E-state index contributed by atoms with van der Waals surface area (Å²) in [6.45, 7) is 5.85. The van der Waals surface area contributed by atoms with E-state index in [1.54, 1.807) is 0 Å². The summed E-state index contributed by atoms with van der Waals surface area (Å²) in [4.78, 5) is 24.4. The number of aryl methyl sites for hydroxylation is 1. The van der Waals surface area contributed by atoms with Gasteiger partial charge in [-0.05, 0) is 57.4 Å². The summed E-state index contributed by atoms with van der Waals surface area (Å²) in [7, 11) is 1.30. The van der Waals surface area contributed by atoms with Crippen LogP contribution in [0.25, 0.3) is 0 Å². The number of methoxy groups -OCH3 is 1. The maximum Gasteiger partial charge on any atom is 0.407 e. The number of hydrogen-bond donors (Lipinski definition) is 2. The summed E-state index contributed by atoms with van der Waals surface area (Å²) in [5, 5.41) is 5.66. The fraction of sp³-hybridized carbons (Fsp3) is 0.556. The Balaban J connectivity index is 2.13. The molecular formula is C18H26N2O4. The van der Waals surface area contributed by atoms with Crippen LogP contribution in [0, 0.1) is 6.92 Å². The lowest BCUT2D eigenvalue weighted by Crippen LogP contribution is -2.55. The zero-order chi connectivity index (χ0) is 17.7. The highest BCUT2D eigenvalue weighted by Crippen LogP contribution is 2.32. The molecule has 0 radical (unpaired) electrons. The van der Waals surface area contributed by atoms with Crippen molar-refractivity contribution in [1.82, 2.24) is 5.32 Å². The molecule has 2 amide bonds. The van der Waals surface area contributed by atoms with Crippen molar-refractivity contribution < 1.29 is 19.1 Å². The number of carbonyl (C=O) groups is 2. The minimum Gasteiger partial charge on any atom is -0.491 e. The second kappa shape index (κ2) is 7.55.